The average molecular weight is 328 g/mol. The largest absolute Gasteiger partial charge is 0.336 e. The highest BCUT2D eigenvalue weighted by molar-refractivity contribution is 5.87. The van der Waals surface area contributed by atoms with Crippen LogP contribution in [-0.4, -0.2) is 64.3 Å². The SMILES string of the molecule is O=C(N1CCCC1)N1CC[C@@]2(CCN(Cc3ccccn3)C2=O)C1. The Balaban J connectivity index is 1.41. The summed E-state index contributed by atoms with van der Waals surface area (Å²) in [5.41, 5.74) is 0.565. The van der Waals surface area contributed by atoms with Crippen molar-refractivity contribution in [3.63, 3.8) is 0 Å². The molecule has 1 aromatic rings. The average Bonchev–Trinajstić information content (AvgIpc) is 3.34. The van der Waals surface area contributed by atoms with Gasteiger partial charge in [-0.15, -0.1) is 0 Å². The molecule has 3 amide bonds. The molecule has 128 valence electrons. The molecule has 3 aliphatic rings. The van der Waals surface area contributed by atoms with Gasteiger partial charge in [-0.3, -0.25) is 9.78 Å². The molecule has 6 nitrogen and oxygen atoms in total. The number of likely N-dealkylation sites (tertiary alicyclic amines) is 3. The number of rotatable bonds is 2. The van der Waals surface area contributed by atoms with Crippen LogP contribution in [0.5, 0.6) is 0 Å². The first kappa shape index (κ1) is 15.4. The van der Waals surface area contributed by atoms with E-state index in [-0.39, 0.29) is 17.4 Å². The molecule has 24 heavy (non-hydrogen) atoms. The van der Waals surface area contributed by atoms with E-state index in [0.29, 0.717) is 19.6 Å². The third kappa shape index (κ3) is 2.64. The predicted octanol–water partition coefficient (Wildman–Crippen LogP) is 1.72. The molecule has 4 rings (SSSR count). The van der Waals surface area contributed by atoms with Crippen molar-refractivity contribution in [2.45, 2.75) is 32.2 Å². The summed E-state index contributed by atoms with van der Waals surface area (Å²) in [6.45, 7) is 4.35. The summed E-state index contributed by atoms with van der Waals surface area (Å²) in [5.74, 6) is 0.199. The van der Waals surface area contributed by atoms with Gasteiger partial charge in [0.2, 0.25) is 5.91 Å². The summed E-state index contributed by atoms with van der Waals surface area (Å²) in [5, 5.41) is 0. The van der Waals surface area contributed by atoms with Crippen LogP contribution in [0.25, 0.3) is 0 Å². The third-order valence-electron chi connectivity index (χ3n) is 5.68. The van der Waals surface area contributed by atoms with Crippen LogP contribution < -0.4 is 0 Å². The fourth-order valence-electron chi connectivity index (χ4n) is 4.25. The van der Waals surface area contributed by atoms with Crippen molar-refractivity contribution in [3.8, 4) is 0 Å². The van der Waals surface area contributed by atoms with Gasteiger partial charge in [-0.25, -0.2) is 4.79 Å². The van der Waals surface area contributed by atoms with Crippen LogP contribution in [-0.2, 0) is 11.3 Å². The van der Waals surface area contributed by atoms with Crippen molar-refractivity contribution >= 4 is 11.9 Å². The van der Waals surface area contributed by atoms with Crippen molar-refractivity contribution in [2.75, 3.05) is 32.7 Å². The molecule has 1 atom stereocenters. The summed E-state index contributed by atoms with van der Waals surface area (Å²) in [6.07, 6.45) is 5.60. The molecule has 0 aliphatic carbocycles. The topological polar surface area (TPSA) is 56.8 Å². The van der Waals surface area contributed by atoms with Crippen molar-refractivity contribution in [3.05, 3.63) is 30.1 Å². The van der Waals surface area contributed by atoms with Crippen LogP contribution in [0, 0.1) is 5.41 Å². The van der Waals surface area contributed by atoms with Gasteiger partial charge in [0.15, 0.2) is 0 Å². The fourth-order valence-corrected chi connectivity index (χ4v) is 4.25. The normalized spacial score (nSPS) is 26.8. The summed E-state index contributed by atoms with van der Waals surface area (Å²) in [4.78, 5) is 35.6. The lowest BCUT2D eigenvalue weighted by molar-refractivity contribution is -0.136. The fraction of sp³-hybridized carbons (Fsp3) is 0.611. The van der Waals surface area contributed by atoms with Crippen LogP contribution in [0.4, 0.5) is 4.79 Å². The summed E-state index contributed by atoms with van der Waals surface area (Å²) in [6, 6.07) is 5.91. The van der Waals surface area contributed by atoms with E-state index >= 15 is 0 Å². The van der Waals surface area contributed by atoms with Crippen molar-refractivity contribution in [2.24, 2.45) is 5.41 Å². The van der Waals surface area contributed by atoms with E-state index < -0.39 is 0 Å². The van der Waals surface area contributed by atoms with E-state index in [9.17, 15) is 9.59 Å². The molecule has 0 saturated carbocycles. The molecule has 1 spiro atoms. The first-order valence-corrected chi connectivity index (χ1v) is 8.91. The Morgan fingerprint density at radius 2 is 1.88 bits per heavy atom. The Morgan fingerprint density at radius 3 is 2.62 bits per heavy atom. The van der Waals surface area contributed by atoms with Crippen LogP contribution >= 0.6 is 0 Å². The number of carbonyl (C=O) groups is 2. The minimum absolute atomic E-state index is 0.125. The predicted molar refractivity (Wildman–Crippen MR) is 89.1 cm³/mol. The molecular formula is C18H24N4O2. The highest BCUT2D eigenvalue weighted by Gasteiger charge is 2.52. The second kappa shape index (κ2) is 6.07. The molecule has 0 bridgehead atoms. The molecular weight excluding hydrogens is 304 g/mol. The van der Waals surface area contributed by atoms with E-state index in [1.807, 2.05) is 32.9 Å². The Hall–Kier alpha value is -2.11. The number of urea groups is 1. The summed E-state index contributed by atoms with van der Waals surface area (Å²) in [7, 11) is 0. The van der Waals surface area contributed by atoms with Gasteiger partial charge in [0.25, 0.3) is 0 Å². The van der Waals surface area contributed by atoms with Gasteiger partial charge in [-0.2, -0.15) is 0 Å². The van der Waals surface area contributed by atoms with E-state index in [0.717, 1.165) is 51.0 Å². The highest BCUT2D eigenvalue weighted by Crippen LogP contribution is 2.41. The summed E-state index contributed by atoms with van der Waals surface area (Å²) < 4.78 is 0. The molecule has 3 aliphatic heterocycles. The lowest BCUT2D eigenvalue weighted by Crippen LogP contribution is -2.43. The second-order valence-electron chi connectivity index (χ2n) is 7.23. The van der Waals surface area contributed by atoms with Gasteiger partial charge in [0.05, 0.1) is 17.7 Å². The van der Waals surface area contributed by atoms with Gasteiger partial charge in [0, 0.05) is 38.9 Å². The maximum Gasteiger partial charge on any atom is 0.320 e. The minimum Gasteiger partial charge on any atom is -0.336 e. The highest BCUT2D eigenvalue weighted by atomic mass is 16.2. The molecule has 4 heterocycles. The lowest BCUT2D eigenvalue weighted by atomic mass is 9.85. The van der Waals surface area contributed by atoms with E-state index in [2.05, 4.69) is 4.98 Å². The minimum atomic E-state index is -0.357. The van der Waals surface area contributed by atoms with Crippen LogP contribution in [0.15, 0.2) is 24.4 Å². The molecule has 0 radical (unpaired) electrons. The van der Waals surface area contributed by atoms with Crippen molar-refractivity contribution < 1.29 is 9.59 Å². The number of aromatic nitrogens is 1. The number of amides is 3. The molecule has 0 unspecified atom stereocenters. The van der Waals surface area contributed by atoms with Gasteiger partial charge in [-0.1, -0.05) is 6.07 Å². The molecule has 0 N–H and O–H groups in total. The zero-order valence-electron chi connectivity index (χ0n) is 14.0. The standard InChI is InChI=1S/C18H24N4O2/c23-16-18(6-11-21(16)13-15-5-1-2-8-19-15)7-12-22(14-18)17(24)20-9-3-4-10-20/h1-2,5,8H,3-4,6-7,9-14H2/t18-/m0/s1. The maximum atomic E-state index is 13.0. The van der Waals surface area contributed by atoms with Crippen LogP contribution in [0.3, 0.4) is 0 Å². The van der Waals surface area contributed by atoms with E-state index in [1.165, 1.54) is 0 Å². The quantitative estimate of drug-likeness (QED) is 0.831. The number of hydrogen-bond donors (Lipinski definition) is 0. The number of carbonyl (C=O) groups excluding carboxylic acids is 2. The van der Waals surface area contributed by atoms with Gasteiger partial charge >= 0.3 is 6.03 Å². The Bertz CT molecular complexity index is 629. The van der Waals surface area contributed by atoms with Crippen LogP contribution in [0.1, 0.15) is 31.4 Å². The monoisotopic (exact) mass is 328 g/mol. The number of pyridine rings is 1. The Kier molecular flexibility index (Phi) is 3.90. The zero-order valence-corrected chi connectivity index (χ0v) is 14.0. The van der Waals surface area contributed by atoms with E-state index in [1.54, 1.807) is 6.20 Å². The molecule has 3 fully saturated rings. The molecule has 0 aromatic carbocycles. The van der Waals surface area contributed by atoms with E-state index in [4.69, 9.17) is 0 Å². The first-order valence-electron chi connectivity index (χ1n) is 8.91. The summed E-state index contributed by atoms with van der Waals surface area (Å²) >= 11 is 0. The molecule has 3 saturated heterocycles. The first-order chi connectivity index (χ1) is 11.7. The zero-order chi connectivity index (χ0) is 16.6. The van der Waals surface area contributed by atoms with Gasteiger partial charge in [0.1, 0.15) is 0 Å². The maximum absolute atomic E-state index is 13.0. The Labute approximate surface area is 142 Å². The number of hydrogen-bond acceptors (Lipinski definition) is 3. The molecule has 6 heteroatoms. The smallest absolute Gasteiger partial charge is 0.320 e. The second-order valence-corrected chi connectivity index (χ2v) is 7.23. The van der Waals surface area contributed by atoms with Crippen molar-refractivity contribution in [1.29, 1.82) is 0 Å². The van der Waals surface area contributed by atoms with Gasteiger partial charge < -0.3 is 14.7 Å². The number of nitrogens with zero attached hydrogens (tertiary/aromatic N) is 4. The molecule has 1 aromatic heterocycles. The third-order valence-corrected chi connectivity index (χ3v) is 5.68. The van der Waals surface area contributed by atoms with Crippen molar-refractivity contribution in [1.82, 2.24) is 19.7 Å². The van der Waals surface area contributed by atoms with Crippen LogP contribution in [0.2, 0.25) is 0 Å². The lowest BCUT2D eigenvalue weighted by Gasteiger charge is -2.26. The Morgan fingerprint density at radius 1 is 1.08 bits per heavy atom. The van der Waals surface area contributed by atoms with Gasteiger partial charge in [-0.05, 0) is 37.8 Å².